The maximum absolute atomic E-state index is 13.6. The van der Waals surface area contributed by atoms with Crippen molar-refractivity contribution in [3.63, 3.8) is 0 Å². The number of fused-ring (bicyclic) bond motifs is 1. The van der Waals surface area contributed by atoms with Crippen LogP contribution in [0.5, 0.6) is 0 Å². The van der Waals surface area contributed by atoms with Crippen LogP contribution < -0.4 is 0 Å². The number of carbonyl (C=O) groups excluding carboxylic acids is 2. The Hall–Kier alpha value is -4.00. The van der Waals surface area contributed by atoms with Crippen LogP contribution in [-0.4, -0.2) is 57.8 Å². The van der Waals surface area contributed by atoms with Gasteiger partial charge in [0.1, 0.15) is 0 Å². The lowest BCUT2D eigenvalue weighted by Crippen LogP contribution is -2.50. The summed E-state index contributed by atoms with van der Waals surface area (Å²) < 4.78 is 5.22. The Bertz CT molecular complexity index is 1280. The average molecular weight is 426 g/mol. The molecule has 1 aromatic carbocycles. The van der Waals surface area contributed by atoms with Gasteiger partial charge in [0.05, 0.1) is 23.0 Å². The van der Waals surface area contributed by atoms with Crippen LogP contribution in [0.15, 0.2) is 71.6 Å². The first-order valence-corrected chi connectivity index (χ1v) is 10.5. The highest BCUT2D eigenvalue weighted by molar-refractivity contribution is 6.08. The summed E-state index contributed by atoms with van der Waals surface area (Å²) in [6.45, 7) is 3.84. The number of hydrogen-bond donors (Lipinski definition) is 0. The molecule has 0 atom stereocenters. The van der Waals surface area contributed by atoms with Gasteiger partial charge >= 0.3 is 0 Å². The molecule has 1 fully saturated rings. The Balaban J connectivity index is 1.45. The molecule has 0 N–H and O–H groups in total. The largest absolute Gasteiger partial charge is 0.459 e. The van der Waals surface area contributed by atoms with Gasteiger partial charge in [-0.2, -0.15) is 0 Å². The predicted molar refractivity (Wildman–Crippen MR) is 120 cm³/mol. The number of nitrogens with zero attached hydrogens (tertiary/aromatic N) is 4. The molecule has 2 amide bonds. The summed E-state index contributed by atoms with van der Waals surface area (Å²) in [6.07, 6.45) is 4.95. The third-order valence-corrected chi connectivity index (χ3v) is 5.82. The zero-order chi connectivity index (χ0) is 22.1. The molecule has 7 heteroatoms. The van der Waals surface area contributed by atoms with Crippen molar-refractivity contribution in [2.75, 3.05) is 26.2 Å². The molecule has 4 heterocycles. The Morgan fingerprint density at radius 1 is 0.938 bits per heavy atom. The number of hydrogen-bond acceptors (Lipinski definition) is 5. The highest BCUT2D eigenvalue weighted by atomic mass is 16.3. The van der Waals surface area contributed by atoms with E-state index in [9.17, 15) is 9.59 Å². The van der Waals surface area contributed by atoms with E-state index in [4.69, 9.17) is 9.40 Å². The van der Waals surface area contributed by atoms with E-state index in [1.165, 1.54) is 6.26 Å². The number of benzene rings is 1. The van der Waals surface area contributed by atoms with Crippen LogP contribution in [-0.2, 0) is 0 Å². The molecule has 5 rings (SSSR count). The summed E-state index contributed by atoms with van der Waals surface area (Å²) in [5.41, 5.74) is 4.01. The molecule has 7 nitrogen and oxygen atoms in total. The molecule has 160 valence electrons. The summed E-state index contributed by atoms with van der Waals surface area (Å²) in [5, 5.41) is 0.830. The topological polar surface area (TPSA) is 79.5 Å². The minimum absolute atomic E-state index is 0.0572. The first-order chi connectivity index (χ1) is 15.6. The lowest BCUT2D eigenvalue weighted by molar-refractivity contribution is 0.0519. The maximum Gasteiger partial charge on any atom is 0.289 e. The van der Waals surface area contributed by atoms with Crippen LogP contribution in [0, 0.1) is 6.92 Å². The molecule has 0 bridgehead atoms. The van der Waals surface area contributed by atoms with Crippen molar-refractivity contribution in [2.24, 2.45) is 0 Å². The molecule has 0 aliphatic carbocycles. The second-order valence-electron chi connectivity index (χ2n) is 7.83. The van der Waals surface area contributed by atoms with Gasteiger partial charge in [0.2, 0.25) is 0 Å². The van der Waals surface area contributed by atoms with E-state index in [1.54, 1.807) is 34.3 Å². The first kappa shape index (κ1) is 19.9. The number of aryl methyl sites for hydroxylation is 1. The molecule has 1 aliphatic rings. The van der Waals surface area contributed by atoms with E-state index in [0.29, 0.717) is 37.5 Å². The lowest BCUT2D eigenvalue weighted by Gasteiger charge is -2.34. The molecule has 32 heavy (non-hydrogen) atoms. The second-order valence-corrected chi connectivity index (χ2v) is 7.83. The number of aromatic nitrogens is 2. The van der Waals surface area contributed by atoms with Crippen molar-refractivity contribution in [2.45, 2.75) is 6.92 Å². The fourth-order valence-electron chi connectivity index (χ4n) is 4.07. The number of piperazine rings is 1. The number of rotatable bonds is 3. The Labute approximate surface area is 185 Å². The number of pyridine rings is 2. The third kappa shape index (κ3) is 3.62. The quantitative estimate of drug-likeness (QED) is 0.498. The van der Waals surface area contributed by atoms with Crippen molar-refractivity contribution in [3.05, 3.63) is 84.1 Å². The van der Waals surface area contributed by atoms with Crippen LogP contribution in [0.1, 0.15) is 26.5 Å². The smallest absolute Gasteiger partial charge is 0.289 e. The number of carbonyl (C=O) groups is 2. The SMILES string of the molecule is Cc1cccc2c(C(=O)N3CCN(C(=O)c4ccco4)CC3)cc(-c3cccnc3)nc12. The molecular weight excluding hydrogens is 404 g/mol. The van der Waals surface area contributed by atoms with Crippen LogP contribution in [0.4, 0.5) is 0 Å². The van der Waals surface area contributed by atoms with Gasteiger partial charge in [0, 0.05) is 49.5 Å². The normalized spacial score (nSPS) is 14.0. The van der Waals surface area contributed by atoms with Crippen LogP contribution in [0.25, 0.3) is 22.2 Å². The first-order valence-electron chi connectivity index (χ1n) is 10.5. The van der Waals surface area contributed by atoms with Crippen LogP contribution in [0.2, 0.25) is 0 Å². The van der Waals surface area contributed by atoms with Crippen molar-refractivity contribution in [1.82, 2.24) is 19.8 Å². The zero-order valence-corrected chi connectivity index (χ0v) is 17.7. The Morgan fingerprint density at radius 3 is 2.41 bits per heavy atom. The minimum atomic E-state index is -0.147. The highest BCUT2D eigenvalue weighted by Gasteiger charge is 2.28. The van der Waals surface area contributed by atoms with E-state index in [0.717, 1.165) is 27.7 Å². The molecule has 0 saturated carbocycles. The van der Waals surface area contributed by atoms with Crippen molar-refractivity contribution < 1.29 is 14.0 Å². The highest BCUT2D eigenvalue weighted by Crippen LogP contribution is 2.27. The molecule has 0 spiro atoms. The van der Waals surface area contributed by atoms with E-state index in [-0.39, 0.29) is 11.8 Å². The number of para-hydroxylation sites is 1. The van der Waals surface area contributed by atoms with Gasteiger partial charge in [0.15, 0.2) is 5.76 Å². The second kappa shape index (κ2) is 8.26. The van der Waals surface area contributed by atoms with Gasteiger partial charge in [-0.1, -0.05) is 18.2 Å². The predicted octanol–water partition coefficient (Wildman–Crippen LogP) is 3.80. The van der Waals surface area contributed by atoms with E-state index in [2.05, 4.69) is 4.98 Å². The molecule has 3 aromatic heterocycles. The maximum atomic E-state index is 13.6. The van der Waals surface area contributed by atoms with E-state index < -0.39 is 0 Å². The van der Waals surface area contributed by atoms with Gasteiger partial charge < -0.3 is 14.2 Å². The Kier molecular flexibility index (Phi) is 5.15. The van der Waals surface area contributed by atoms with Gasteiger partial charge in [-0.15, -0.1) is 0 Å². The molecule has 0 unspecified atom stereocenters. The molecule has 1 saturated heterocycles. The van der Waals surface area contributed by atoms with Gasteiger partial charge in [-0.05, 0) is 42.8 Å². The van der Waals surface area contributed by atoms with Crippen LogP contribution >= 0.6 is 0 Å². The lowest BCUT2D eigenvalue weighted by atomic mass is 10.0. The van der Waals surface area contributed by atoms with Crippen LogP contribution in [0.3, 0.4) is 0 Å². The third-order valence-electron chi connectivity index (χ3n) is 5.82. The fraction of sp³-hybridized carbons (Fsp3) is 0.200. The number of amides is 2. The van der Waals surface area contributed by atoms with Crippen molar-refractivity contribution in [3.8, 4) is 11.3 Å². The standard InChI is InChI=1S/C25H22N4O3/c1-17-5-2-7-19-20(15-21(27-23(17)19)18-6-3-9-26-16-18)24(30)28-10-12-29(13-11-28)25(31)22-8-4-14-32-22/h2-9,14-16H,10-13H2,1H3. The average Bonchev–Trinajstić information content (AvgIpc) is 3.39. The summed E-state index contributed by atoms with van der Waals surface area (Å²) in [6, 6.07) is 14.9. The van der Waals surface area contributed by atoms with Crippen molar-refractivity contribution >= 4 is 22.7 Å². The molecule has 1 aliphatic heterocycles. The van der Waals surface area contributed by atoms with E-state index in [1.807, 2.05) is 43.3 Å². The monoisotopic (exact) mass is 426 g/mol. The summed E-state index contributed by atoms with van der Waals surface area (Å²) in [5.74, 6) is 0.116. The molecule has 4 aromatic rings. The van der Waals surface area contributed by atoms with Gasteiger partial charge in [0.25, 0.3) is 11.8 Å². The van der Waals surface area contributed by atoms with Gasteiger partial charge in [-0.3, -0.25) is 14.6 Å². The Morgan fingerprint density at radius 2 is 1.72 bits per heavy atom. The summed E-state index contributed by atoms with van der Waals surface area (Å²) in [7, 11) is 0. The number of furan rings is 1. The summed E-state index contributed by atoms with van der Waals surface area (Å²) in [4.78, 5) is 38.6. The van der Waals surface area contributed by atoms with E-state index >= 15 is 0 Å². The zero-order valence-electron chi connectivity index (χ0n) is 17.7. The summed E-state index contributed by atoms with van der Waals surface area (Å²) >= 11 is 0. The molecular formula is C25H22N4O3. The van der Waals surface area contributed by atoms with Gasteiger partial charge in [-0.25, -0.2) is 4.98 Å². The fourth-order valence-corrected chi connectivity index (χ4v) is 4.07. The van der Waals surface area contributed by atoms with Crippen molar-refractivity contribution in [1.29, 1.82) is 0 Å². The minimum Gasteiger partial charge on any atom is -0.459 e. The molecule has 0 radical (unpaired) electrons.